The Hall–Kier alpha value is -1.81. The average Bonchev–Trinajstić information content (AvgIpc) is 2.86. The van der Waals surface area contributed by atoms with Crippen molar-refractivity contribution in [2.24, 2.45) is 5.73 Å². The van der Waals surface area contributed by atoms with Crippen molar-refractivity contribution in [1.29, 1.82) is 0 Å². The van der Waals surface area contributed by atoms with Gasteiger partial charge in [0.1, 0.15) is 6.26 Å². The fraction of sp³-hybridized carbons (Fsp3) is 0.357. The van der Waals surface area contributed by atoms with Gasteiger partial charge in [0, 0.05) is 12.2 Å². The van der Waals surface area contributed by atoms with Gasteiger partial charge in [0.25, 0.3) is 6.01 Å². The van der Waals surface area contributed by atoms with Crippen LogP contribution in [0, 0.1) is 0 Å². The molecule has 0 aliphatic carbocycles. The zero-order valence-corrected chi connectivity index (χ0v) is 10.6. The largest absolute Gasteiger partial charge is 0.432 e. The summed E-state index contributed by atoms with van der Waals surface area (Å²) >= 11 is 0. The number of anilines is 2. The van der Waals surface area contributed by atoms with Gasteiger partial charge >= 0.3 is 0 Å². The molecule has 18 heavy (non-hydrogen) atoms. The Morgan fingerprint density at radius 1 is 1.28 bits per heavy atom. The molecule has 0 bridgehead atoms. The number of unbranched alkanes of at least 4 members (excludes halogenated alkanes) is 1. The Bertz CT molecular complexity index is 476. The first-order valence-electron chi connectivity index (χ1n) is 6.32. The molecule has 3 N–H and O–H groups in total. The second-order valence-corrected chi connectivity index (χ2v) is 4.27. The van der Waals surface area contributed by atoms with Gasteiger partial charge in [-0.3, -0.25) is 0 Å². The maximum atomic E-state index is 5.47. The normalized spacial score (nSPS) is 10.6. The minimum atomic E-state index is 0.390. The molecule has 4 nitrogen and oxygen atoms in total. The zero-order valence-electron chi connectivity index (χ0n) is 10.6. The minimum Gasteiger partial charge on any atom is -0.432 e. The molecule has 1 aromatic carbocycles. The summed E-state index contributed by atoms with van der Waals surface area (Å²) in [5, 5.41) is 3.11. The summed E-state index contributed by atoms with van der Waals surface area (Å²) in [6, 6.07) is 8.82. The molecular weight excluding hydrogens is 226 g/mol. The average molecular weight is 245 g/mol. The van der Waals surface area contributed by atoms with Gasteiger partial charge in [-0.1, -0.05) is 25.5 Å². The third kappa shape index (κ3) is 3.34. The van der Waals surface area contributed by atoms with Crippen LogP contribution >= 0.6 is 0 Å². The summed E-state index contributed by atoms with van der Waals surface area (Å²) < 4.78 is 5.25. The lowest BCUT2D eigenvalue weighted by molar-refractivity contribution is 0.576. The van der Waals surface area contributed by atoms with Gasteiger partial charge in [-0.25, -0.2) is 0 Å². The smallest absolute Gasteiger partial charge is 0.299 e. The lowest BCUT2D eigenvalue weighted by Crippen LogP contribution is -1.97. The van der Waals surface area contributed by atoms with Crippen molar-refractivity contribution in [1.82, 2.24) is 4.98 Å². The van der Waals surface area contributed by atoms with Crippen LogP contribution in [-0.2, 0) is 13.0 Å². The Balaban J connectivity index is 1.97. The summed E-state index contributed by atoms with van der Waals surface area (Å²) in [5.41, 5.74) is 8.55. The van der Waals surface area contributed by atoms with Crippen molar-refractivity contribution in [3.05, 3.63) is 41.8 Å². The number of nitrogens with two attached hydrogens (primary N) is 1. The number of benzene rings is 1. The molecule has 0 atom stereocenters. The molecule has 2 rings (SSSR count). The van der Waals surface area contributed by atoms with Gasteiger partial charge in [-0.2, -0.15) is 4.98 Å². The van der Waals surface area contributed by atoms with E-state index in [1.54, 1.807) is 6.26 Å². The van der Waals surface area contributed by atoms with E-state index in [-0.39, 0.29) is 0 Å². The number of nitrogens with one attached hydrogen (secondary N) is 1. The molecule has 0 saturated carbocycles. The molecule has 4 heteroatoms. The van der Waals surface area contributed by atoms with Crippen LogP contribution in [-0.4, -0.2) is 4.98 Å². The maximum Gasteiger partial charge on any atom is 0.299 e. The van der Waals surface area contributed by atoms with Crippen LogP contribution < -0.4 is 11.1 Å². The van der Waals surface area contributed by atoms with Gasteiger partial charge < -0.3 is 15.5 Å². The topological polar surface area (TPSA) is 64.1 Å². The third-order valence-electron chi connectivity index (χ3n) is 2.79. The first-order chi connectivity index (χ1) is 8.81. The number of aromatic nitrogens is 1. The van der Waals surface area contributed by atoms with E-state index in [0.717, 1.165) is 17.8 Å². The predicted molar refractivity (Wildman–Crippen MR) is 72.7 cm³/mol. The summed E-state index contributed by atoms with van der Waals surface area (Å²) in [5.74, 6) is 0. The maximum absolute atomic E-state index is 5.47. The van der Waals surface area contributed by atoms with Gasteiger partial charge in [-0.15, -0.1) is 0 Å². The van der Waals surface area contributed by atoms with Gasteiger partial charge in [0.15, 0.2) is 0 Å². The molecule has 0 aliphatic rings. The molecule has 0 radical (unpaired) electrons. The lowest BCUT2D eigenvalue weighted by atomic mass is 10.1. The molecule has 0 spiro atoms. The van der Waals surface area contributed by atoms with Crippen molar-refractivity contribution in [3.63, 3.8) is 0 Å². The van der Waals surface area contributed by atoms with Gasteiger partial charge in [0.05, 0.1) is 5.69 Å². The van der Waals surface area contributed by atoms with Crippen LogP contribution in [0.1, 0.15) is 31.0 Å². The van der Waals surface area contributed by atoms with Crippen LogP contribution in [0.15, 0.2) is 34.9 Å². The highest BCUT2D eigenvalue weighted by atomic mass is 16.4. The van der Waals surface area contributed by atoms with E-state index in [4.69, 9.17) is 10.2 Å². The van der Waals surface area contributed by atoms with Crippen molar-refractivity contribution in [3.8, 4) is 0 Å². The van der Waals surface area contributed by atoms with Crippen molar-refractivity contribution in [2.45, 2.75) is 32.7 Å². The van der Waals surface area contributed by atoms with Gasteiger partial charge in [0.2, 0.25) is 0 Å². The number of nitrogens with zero attached hydrogens (tertiary/aromatic N) is 1. The molecule has 0 unspecified atom stereocenters. The molecule has 0 aliphatic heterocycles. The van der Waals surface area contributed by atoms with Gasteiger partial charge in [-0.05, 0) is 30.5 Å². The predicted octanol–water partition coefficient (Wildman–Crippen LogP) is 3.22. The third-order valence-corrected chi connectivity index (χ3v) is 2.79. The fourth-order valence-corrected chi connectivity index (χ4v) is 1.72. The standard InChI is InChI=1S/C14H19N3O/c1-2-3-4-11-5-7-12(8-6-11)16-14-17-13(9-15)10-18-14/h5-8,10H,2-4,9,15H2,1H3,(H,16,17). The monoisotopic (exact) mass is 245 g/mol. The minimum absolute atomic E-state index is 0.390. The first kappa shape index (κ1) is 12.6. The fourth-order valence-electron chi connectivity index (χ4n) is 1.72. The highest BCUT2D eigenvalue weighted by molar-refractivity contribution is 5.52. The van der Waals surface area contributed by atoms with E-state index in [1.807, 2.05) is 12.1 Å². The van der Waals surface area contributed by atoms with Crippen LogP contribution in [0.5, 0.6) is 0 Å². The van der Waals surface area contributed by atoms with Crippen molar-refractivity contribution >= 4 is 11.7 Å². The van der Waals surface area contributed by atoms with Crippen LogP contribution in [0.25, 0.3) is 0 Å². The zero-order chi connectivity index (χ0) is 12.8. The van der Waals surface area contributed by atoms with E-state index >= 15 is 0 Å². The SMILES string of the molecule is CCCCc1ccc(Nc2nc(CN)co2)cc1. The molecule has 96 valence electrons. The number of hydrogen-bond acceptors (Lipinski definition) is 4. The summed E-state index contributed by atoms with van der Waals surface area (Å²) in [6.45, 7) is 2.59. The number of oxazole rings is 1. The Morgan fingerprint density at radius 3 is 2.67 bits per heavy atom. The lowest BCUT2D eigenvalue weighted by Gasteiger charge is -2.03. The molecule has 0 amide bonds. The second-order valence-electron chi connectivity index (χ2n) is 4.27. The van der Waals surface area contributed by atoms with Crippen molar-refractivity contribution < 1.29 is 4.42 Å². The van der Waals surface area contributed by atoms with E-state index in [9.17, 15) is 0 Å². The van der Waals surface area contributed by atoms with E-state index in [2.05, 4.69) is 29.4 Å². The molecular formula is C14H19N3O. The molecule has 1 heterocycles. The van der Waals surface area contributed by atoms with Crippen molar-refractivity contribution in [2.75, 3.05) is 5.32 Å². The van der Waals surface area contributed by atoms with E-state index in [0.29, 0.717) is 12.6 Å². The molecule has 2 aromatic rings. The second kappa shape index (κ2) is 6.21. The number of hydrogen-bond donors (Lipinski definition) is 2. The summed E-state index contributed by atoms with van der Waals surface area (Å²) in [4.78, 5) is 4.19. The number of rotatable bonds is 6. The Kier molecular flexibility index (Phi) is 4.36. The van der Waals surface area contributed by atoms with E-state index in [1.165, 1.54) is 18.4 Å². The first-order valence-corrected chi connectivity index (χ1v) is 6.32. The highest BCUT2D eigenvalue weighted by Gasteiger charge is 2.02. The molecule has 1 aromatic heterocycles. The van der Waals surface area contributed by atoms with Crippen LogP contribution in [0.2, 0.25) is 0 Å². The number of aryl methyl sites for hydroxylation is 1. The van der Waals surface area contributed by atoms with Crippen LogP contribution in [0.4, 0.5) is 11.7 Å². The highest BCUT2D eigenvalue weighted by Crippen LogP contribution is 2.17. The van der Waals surface area contributed by atoms with Crippen LogP contribution in [0.3, 0.4) is 0 Å². The quantitative estimate of drug-likeness (QED) is 0.820. The molecule has 0 saturated heterocycles. The van der Waals surface area contributed by atoms with E-state index < -0.39 is 0 Å². The Morgan fingerprint density at radius 2 is 2.06 bits per heavy atom. The summed E-state index contributed by atoms with van der Waals surface area (Å²) in [6.07, 6.45) is 5.15. The summed E-state index contributed by atoms with van der Waals surface area (Å²) in [7, 11) is 0. The Labute approximate surface area is 107 Å². The molecule has 0 fully saturated rings.